The summed E-state index contributed by atoms with van der Waals surface area (Å²) >= 11 is 5.72. The molecule has 1 aromatic rings. The first kappa shape index (κ1) is 11.4. The van der Waals surface area contributed by atoms with Crippen LogP contribution in [-0.4, -0.2) is 34.7 Å². The normalized spacial score (nSPS) is 13.2. The number of aromatic nitrogens is 1. The van der Waals surface area contributed by atoms with E-state index in [1.54, 1.807) is 13.1 Å². The van der Waals surface area contributed by atoms with Crippen molar-refractivity contribution >= 4 is 11.6 Å². The van der Waals surface area contributed by atoms with E-state index in [2.05, 4.69) is 4.98 Å². The Morgan fingerprint density at radius 3 is 2.79 bits per heavy atom. The third-order valence-electron chi connectivity index (χ3n) is 1.80. The van der Waals surface area contributed by atoms with E-state index in [9.17, 15) is 0 Å². The minimum absolute atomic E-state index is 0.313. The molecule has 1 heterocycles. The Morgan fingerprint density at radius 1 is 1.57 bits per heavy atom. The Bertz CT molecular complexity index is 274. The maximum Gasteiger partial charge on any atom is 0.0639 e. The van der Waals surface area contributed by atoms with Gasteiger partial charge in [-0.25, -0.2) is 0 Å². The van der Waals surface area contributed by atoms with Crippen LogP contribution in [0.3, 0.4) is 0 Å². The van der Waals surface area contributed by atoms with Gasteiger partial charge in [0.25, 0.3) is 0 Å². The molecule has 0 aromatic carbocycles. The topological polar surface area (TPSA) is 36.4 Å². The summed E-state index contributed by atoms with van der Waals surface area (Å²) < 4.78 is 0. The SMILES string of the molecule is CC(O)CN(C)Cc1ccc(Cl)cn1. The van der Waals surface area contributed by atoms with Gasteiger partial charge in [0.05, 0.1) is 16.8 Å². The van der Waals surface area contributed by atoms with E-state index >= 15 is 0 Å². The van der Waals surface area contributed by atoms with E-state index in [-0.39, 0.29) is 6.10 Å². The zero-order valence-electron chi connectivity index (χ0n) is 8.44. The van der Waals surface area contributed by atoms with Crippen molar-refractivity contribution in [3.05, 3.63) is 29.0 Å². The monoisotopic (exact) mass is 214 g/mol. The highest BCUT2D eigenvalue weighted by Gasteiger charge is 2.04. The molecule has 78 valence electrons. The number of halogens is 1. The fraction of sp³-hybridized carbons (Fsp3) is 0.500. The molecule has 0 aliphatic rings. The molecule has 1 atom stereocenters. The largest absolute Gasteiger partial charge is 0.392 e. The Morgan fingerprint density at radius 2 is 2.29 bits per heavy atom. The Balaban J connectivity index is 2.47. The van der Waals surface area contributed by atoms with Gasteiger partial charge in [0, 0.05) is 19.3 Å². The first-order chi connectivity index (χ1) is 6.58. The van der Waals surface area contributed by atoms with Crippen molar-refractivity contribution in [3.63, 3.8) is 0 Å². The second kappa shape index (κ2) is 5.29. The lowest BCUT2D eigenvalue weighted by Gasteiger charge is -2.17. The number of hydrogen-bond donors (Lipinski definition) is 1. The van der Waals surface area contributed by atoms with Crippen molar-refractivity contribution < 1.29 is 5.11 Å². The molecule has 3 nitrogen and oxygen atoms in total. The molecule has 0 saturated heterocycles. The van der Waals surface area contributed by atoms with Crippen LogP contribution in [0, 0.1) is 0 Å². The molecule has 0 aliphatic heterocycles. The predicted molar refractivity (Wildman–Crippen MR) is 57.3 cm³/mol. The molecule has 1 N–H and O–H groups in total. The molecule has 0 amide bonds. The van der Waals surface area contributed by atoms with E-state index in [4.69, 9.17) is 16.7 Å². The molecule has 0 saturated carbocycles. The van der Waals surface area contributed by atoms with Crippen molar-refractivity contribution in [2.75, 3.05) is 13.6 Å². The lowest BCUT2D eigenvalue weighted by molar-refractivity contribution is 0.138. The van der Waals surface area contributed by atoms with Crippen LogP contribution < -0.4 is 0 Å². The van der Waals surface area contributed by atoms with Crippen LogP contribution in [0.2, 0.25) is 5.02 Å². The van der Waals surface area contributed by atoms with Gasteiger partial charge in [-0.1, -0.05) is 11.6 Å². The number of likely N-dealkylation sites (N-methyl/N-ethyl adjacent to an activating group) is 1. The van der Waals surface area contributed by atoms with Gasteiger partial charge in [0.2, 0.25) is 0 Å². The summed E-state index contributed by atoms with van der Waals surface area (Å²) in [6.07, 6.45) is 1.32. The fourth-order valence-corrected chi connectivity index (χ4v) is 1.40. The summed E-state index contributed by atoms with van der Waals surface area (Å²) in [5.74, 6) is 0. The van der Waals surface area contributed by atoms with Crippen LogP contribution in [0.1, 0.15) is 12.6 Å². The van der Waals surface area contributed by atoms with Gasteiger partial charge >= 0.3 is 0 Å². The molecule has 0 bridgehead atoms. The maximum absolute atomic E-state index is 9.16. The molecular formula is C10H15ClN2O. The molecule has 4 heteroatoms. The summed E-state index contributed by atoms with van der Waals surface area (Å²) in [4.78, 5) is 6.19. The van der Waals surface area contributed by atoms with Crippen LogP contribution in [0.5, 0.6) is 0 Å². The van der Waals surface area contributed by atoms with Gasteiger partial charge in [0.1, 0.15) is 0 Å². The van der Waals surface area contributed by atoms with Crippen LogP contribution in [0.15, 0.2) is 18.3 Å². The second-order valence-electron chi connectivity index (χ2n) is 3.51. The highest BCUT2D eigenvalue weighted by molar-refractivity contribution is 6.30. The maximum atomic E-state index is 9.16. The van der Waals surface area contributed by atoms with Gasteiger partial charge < -0.3 is 5.11 Å². The number of hydrogen-bond acceptors (Lipinski definition) is 3. The summed E-state index contributed by atoms with van der Waals surface area (Å²) in [7, 11) is 1.95. The molecule has 0 spiro atoms. The lowest BCUT2D eigenvalue weighted by Crippen LogP contribution is -2.27. The van der Waals surface area contributed by atoms with Crippen molar-refractivity contribution in [1.29, 1.82) is 0 Å². The van der Waals surface area contributed by atoms with E-state index in [0.717, 1.165) is 12.2 Å². The van der Waals surface area contributed by atoms with E-state index in [1.165, 1.54) is 0 Å². The van der Waals surface area contributed by atoms with Gasteiger partial charge in [-0.3, -0.25) is 9.88 Å². The third-order valence-corrected chi connectivity index (χ3v) is 2.02. The summed E-state index contributed by atoms with van der Waals surface area (Å²) in [5, 5.41) is 9.81. The Hall–Kier alpha value is -0.640. The lowest BCUT2D eigenvalue weighted by atomic mass is 10.3. The molecule has 0 aliphatic carbocycles. The first-order valence-electron chi connectivity index (χ1n) is 4.55. The average molecular weight is 215 g/mol. The summed E-state index contributed by atoms with van der Waals surface area (Å²) in [6.45, 7) is 3.14. The minimum Gasteiger partial charge on any atom is -0.392 e. The Labute approximate surface area is 89.3 Å². The van der Waals surface area contributed by atoms with Gasteiger partial charge in [-0.05, 0) is 26.1 Å². The number of aliphatic hydroxyl groups excluding tert-OH is 1. The minimum atomic E-state index is -0.313. The van der Waals surface area contributed by atoms with E-state index < -0.39 is 0 Å². The van der Waals surface area contributed by atoms with Crippen molar-refractivity contribution in [2.45, 2.75) is 19.6 Å². The molecule has 0 fully saturated rings. The van der Waals surface area contributed by atoms with E-state index in [1.807, 2.05) is 24.1 Å². The number of rotatable bonds is 4. The van der Waals surface area contributed by atoms with Gasteiger partial charge in [0.15, 0.2) is 0 Å². The van der Waals surface area contributed by atoms with E-state index in [0.29, 0.717) is 11.6 Å². The zero-order chi connectivity index (χ0) is 10.6. The van der Waals surface area contributed by atoms with Crippen LogP contribution in [0.25, 0.3) is 0 Å². The average Bonchev–Trinajstić information content (AvgIpc) is 2.07. The predicted octanol–water partition coefficient (Wildman–Crippen LogP) is 1.55. The van der Waals surface area contributed by atoms with Gasteiger partial charge in [-0.15, -0.1) is 0 Å². The van der Waals surface area contributed by atoms with Crippen molar-refractivity contribution in [3.8, 4) is 0 Å². The van der Waals surface area contributed by atoms with Crippen molar-refractivity contribution in [1.82, 2.24) is 9.88 Å². The molecule has 14 heavy (non-hydrogen) atoms. The Kier molecular flexibility index (Phi) is 4.32. The number of aliphatic hydroxyl groups is 1. The summed E-state index contributed by atoms with van der Waals surface area (Å²) in [5.41, 5.74) is 0.956. The molecule has 1 rings (SSSR count). The van der Waals surface area contributed by atoms with Crippen LogP contribution >= 0.6 is 11.6 Å². The highest BCUT2D eigenvalue weighted by Crippen LogP contribution is 2.07. The first-order valence-corrected chi connectivity index (χ1v) is 4.93. The van der Waals surface area contributed by atoms with Crippen LogP contribution in [0.4, 0.5) is 0 Å². The zero-order valence-corrected chi connectivity index (χ0v) is 9.20. The number of pyridine rings is 1. The molecule has 1 unspecified atom stereocenters. The van der Waals surface area contributed by atoms with Crippen molar-refractivity contribution in [2.24, 2.45) is 0 Å². The molecular weight excluding hydrogens is 200 g/mol. The molecule has 1 aromatic heterocycles. The molecule has 0 radical (unpaired) electrons. The smallest absolute Gasteiger partial charge is 0.0639 e. The summed E-state index contributed by atoms with van der Waals surface area (Å²) in [6, 6.07) is 3.71. The standard InChI is InChI=1S/C10H15ClN2O/c1-8(14)6-13(2)7-10-4-3-9(11)5-12-10/h3-5,8,14H,6-7H2,1-2H3. The second-order valence-corrected chi connectivity index (χ2v) is 3.95. The number of nitrogens with zero attached hydrogens (tertiary/aromatic N) is 2. The van der Waals surface area contributed by atoms with Gasteiger partial charge in [-0.2, -0.15) is 0 Å². The highest BCUT2D eigenvalue weighted by atomic mass is 35.5. The third kappa shape index (κ3) is 4.05. The quantitative estimate of drug-likeness (QED) is 0.826. The van der Waals surface area contributed by atoms with Crippen LogP contribution in [-0.2, 0) is 6.54 Å². The fourth-order valence-electron chi connectivity index (χ4n) is 1.29.